The molecule has 0 aliphatic rings. The molecule has 2 heterocycles. The van der Waals surface area contributed by atoms with Crippen molar-refractivity contribution in [3.8, 4) is 0 Å². The molecule has 2 aromatic heterocycles. The largest absolute Gasteiger partial charge is 0.433 e. The molecular weight excluding hydrogens is 488 g/mol. The van der Waals surface area contributed by atoms with Crippen LogP contribution in [0.25, 0.3) is 10.9 Å². The van der Waals surface area contributed by atoms with Crippen molar-refractivity contribution in [1.29, 1.82) is 0 Å². The van der Waals surface area contributed by atoms with E-state index in [9.17, 15) is 18.0 Å². The molecule has 1 amide bonds. The molecule has 4 aromatic rings. The number of fused-ring (bicyclic) bond motifs is 1. The minimum absolute atomic E-state index is 0.0825. The highest BCUT2D eigenvalue weighted by atomic mass is 35.5. The van der Waals surface area contributed by atoms with Crippen LogP contribution in [0.2, 0.25) is 10.0 Å². The van der Waals surface area contributed by atoms with Crippen LogP contribution in [0.15, 0.2) is 42.5 Å². The summed E-state index contributed by atoms with van der Waals surface area (Å²) >= 11 is 12.2. The van der Waals surface area contributed by atoms with Crippen molar-refractivity contribution < 1.29 is 18.0 Å². The molecule has 0 saturated carbocycles. The summed E-state index contributed by atoms with van der Waals surface area (Å²) in [5, 5.41) is 7.41. The Kier molecular flexibility index (Phi) is 6.31. The maximum Gasteiger partial charge on any atom is 0.433 e. The van der Waals surface area contributed by atoms with Gasteiger partial charge in [-0.2, -0.15) is 18.3 Å². The third kappa shape index (κ3) is 4.74. The van der Waals surface area contributed by atoms with Gasteiger partial charge in [-0.3, -0.25) is 9.48 Å². The van der Waals surface area contributed by atoms with Gasteiger partial charge in [0.1, 0.15) is 5.69 Å². The zero-order valence-electron chi connectivity index (χ0n) is 18.4. The Morgan fingerprint density at radius 2 is 1.74 bits per heavy atom. The topological polar surface area (TPSA) is 59.8 Å². The van der Waals surface area contributed by atoms with Gasteiger partial charge in [0, 0.05) is 10.4 Å². The molecule has 0 aliphatic carbocycles. The van der Waals surface area contributed by atoms with Gasteiger partial charge in [0.05, 0.1) is 39.7 Å². The summed E-state index contributed by atoms with van der Waals surface area (Å²) in [6.45, 7) is 5.97. The van der Waals surface area contributed by atoms with E-state index in [0.717, 1.165) is 11.1 Å². The molecule has 0 bridgehead atoms. The van der Waals surface area contributed by atoms with E-state index in [1.54, 1.807) is 18.5 Å². The van der Waals surface area contributed by atoms with Crippen LogP contribution in [0.1, 0.15) is 38.6 Å². The van der Waals surface area contributed by atoms with Crippen molar-refractivity contribution in [2.24, 2.45) is 0 Å². The Bertz CT molecular complexity index is 1410. The van der Waals surface area contributed by atoms with Gasteiger partial charge < -0.3 is 5.32 Å². The van der Waals surface area contributed by atoms with Gasteiger partial charge in [0.25, 0.3) is 5.91 Å². The monoisotopic (exact) mass is 506 g/mol. The molecule has 0 saturated heterocycles. The fourth-order valence-corrected chi connectivity index (χ4v) is 4.20. The number of hydrogen-bond acceptors (Lipinski definition) is 3. The lowest BCUT2D eigenvalue weighted by Gasteiger charge is -2.13. The molecule has 176 valence electrons. The first-order valence-electron chi connectivity index (χ1n) is 10.2. The Morgan fingerprint density at radius 1 is 1.06 bits per heavy atom. The summed E-state index contributed by atoms with van der Waals surface area (Å²) < 4.78 is 42.2. The van der Waals surface area contributed by atoms with Gasteiger partial charge in [-0.15, -0.1) is 0 Å². The van der Waals surface area contributed by atoms with Gasteiger partial charge in [-0.1, -0.05) is 53.0 Å². The van der Waals surface area contributed by atoms with Crippen LogP contribution in [-0.4, -0.2) is 20.7 Å². The molecule has 0 unspecified atom stereocenters. The van der Waals surface area contributed by atoms with E-state index in [0.29, 0.717) is 29.7 Å². The molecule has 0 atom stereocenters. The van der Waals surface area contributed by atoms with Crippen molar-refractivity contribution in [3.63, 3.8) is 0 Å². The highest BCUT2D eigenvalue weighted by Crippen LogP contribution is 2.35. The van der Waals surface area contributed by atoms with Crippen molar-refractivity contribution in [1.82, 2.24) is 14.8 Å². The smallest absolute Gasteiger partial charge is 0.319 e. The lowest BCUT2D eigenvalue weighted by atomic mass is 10.1. The van der Waals surface area contributed by atoms with Crippen LogP contribution in [0.3, 0.4) is 0 Å². The van der Waals surface area contributed by atoms with Crippen molar-refractivity contribution in [3.05, 3.63) is 86.3 Å². The van der Waals surface area contributed by atoms with Crippen LogP contribution in [0.4, 0.5) is 18.9 Å². The number of hydrogen-bond donors (Lipinski definition) is 1. The molecule has 0 aliphatic heterocycles. The molecule has 0 spiro atoms. The zero-order valence-corrected chi connectivity index (χ0v) is 19.9. The lowest BCUT2D eigenvalue weighted by Crippen LogP contribution is -2.17. The van der Waals surface area contributed by atoms with Gasteiger partial charge in [-0.25, -0.2) is 4.98 Å². The second-order valence-electron chi connectivity index (χ2n) is 7.98. The Morgan fingerprint density at radius 3 is 2.38 bits per heavy atom. The number of pyridine rings is 1. The average molecular weight is 507 g/mol. The molecule has 34 heavy (non-hydrogen) atoms. The van der Waals surface area contributed by atoms with Crippen molar-refractivity contribution >= 4 is 45.7 Å². The predicted molar refractivity (Wildman–Crippen MR) is 127 cm³/mol. The normalized spacial score (nSPS) is 11.8. The predicted octanol–water partition coefficient (Wildman–Crippen LogP) is 6.98. The fourth-order valence-electron chi connectivity index (χ4n) is 3.66. The number of alkyl halides is 3. The summed E-state index contributed by atoms with van der Waals surface area (Å²) in [5.74, 6) is -0.752. The maximum absolute atomic E-state index is 13.5. The fraction of sp³-hybridized carbons (Fsp3) is 0.208. The third-order valence-corrected chi connectivity index (χ3v) is 5.95. The highest BCUT2D eigenvalue weighted by Gasteiger charge is 2.34. The minimum atomic E-state index is -4.77. The maximum atomic E-state index is 13.5. The van der Waals surface area contributed by atoms with Gasteiger partial charge in [-0.05, 0) is 44.5 Å². The number of carbonyl (C=O) groups is 1. The van der Waals surface area contributed by atoms with Crippen LogP contribution in [0.5, 0.6) is 0 Å². The molecule has 5 nitrogen and oxygen atoms in total. The van der Waals surface area contributed by atoms with Crippen LogP contribution < -0.4 is 5.32 Å². The zero-order chi connectivity index (χ0) is 24.8. The van der Waals surface area contributed by atoms with Crippen LogP contribution in [0, 0.1) is 20.8 Å². The quantitative estimate of drug-likeness (QED) is 0.324. The van der Waals surface area contributed by atoms with Gasteiger partial charge in [0.2, 0.25) is 0 Å². The number of amides is 1. The third-order valence-electron chi connectivity index (χ3n) is 5.44. The first-order valence-corrected chi connectivity index (χ1v) is 11.0. The van der Waals surface area contributed by atoms with E-state index in [-0.39, 0.29) is 26.5 Å². The average Bonchev–Trinajstić information content (AvgIpc) is 3.01. The summed E-state index contributed by atoms with van der Waals surface area (Å²) in [6, 6.07) is 11.3. The molecule has 0 fully saturated rings. The van der Waals surface area contributed by atoms with E-state index in [1.807, 2.05) is 31.2 Å². The van der Waals surface area contributed by atoms with Gasteiger partial charge >= 0.3 is 6.18 Å². The SMILES string of the molecule is Cc1ccc(Cn2nc(C)c(NC(=O)c3cc(C(F)(F)F)nc4c(Cl)cc(Cl)cc34)c2C)cc1. The summed E-state index contributed by atoms with van der Waals surface area (Å²) in [5.41, 5.74) is 2.14. The van der Waals surface area contributed by atoms with Crippen LogP contribution in [-0.2, 0) is 12.7 Å². The Labute approximate surface area is 203 Å². The van der Waals surface area contributed by atoms with E-state index in [2.05, 4.69) is 15.4 Å². The molecular formula is C24H19Cl2F3N4O. The molecule has 10 heteroatoms. The number of nitrogens with one attached hydrogen (secondary N) is 1. The number of halogens is 5. The van der Waals surface area contributed by atoms with E-state index < -0.39 is 17.8 Å². The van der Waals surface area contributed by atoms with Crippen LogP contribution >= 0.6 is 23.2 Å². The van der Waals surface area contributed by atoms with Crippen molar-refractivity contribution in [2.45, 2.75) is 33.5 Å². The summed E-state index contributed by atoms with van der Waals surface area (Å²) in [7, 11) is 0. The molecule has 0 radical (unpaired) electrons. The van der Waals surface area contributed by atoms with Gasteiger partial charge in [0.15, 0.2) is 0 Å². The number of anilines is 1. The second-order valence-corrected chi connectivity index (χ2v) is 8.82. The first-order chi connectivity index (χ1) is 15.9. The van der Waals surface area contributed by atoms with Crippen molar-refractivity contribution in [2.75, 3.05) is 5.32 Å². The molecule has 2 aromatic carbocycles. The summed E-state index contributed by atoms with van der Waals surface area (Å²) in [4.78, 5) is 16.8. The Balaban J connectivity index is 1.74. The van der Waals surface area contributed by atoms with E-state index >= 15 is 0 Å². The number of rotatable bonds is 4. The summed E-state index contributed by atoms with van der Waals surface area (Å²) in [6.07, 6.45) is -4.77. The highest BCUT2D eigenvalue weighted by molar-refractivity contribution is 6.39. The molecule has 4 rings (SSSR count). The standard InChI is InChI=1S/C24H19Cl2F3N4O/c1-12-4-6-15(7-5-12)11-33-14(3)21(13(2)32-33)31-23(34)18-10-20(24(27,28)29)30-22-17(18)8-16(25)9-19(22)26/h4-10H,11H2,1-3H3,(H,31,34). The number of aromatic nitrogens is 3. The molecule has 1 N–H and O–H groups in total. The first kappa shape index (κ1) is 24.0. The van der Waals surface area contributed by atoms with E-state index in [4.69, 9.17) is 23.2 Å². The Hall–Kier alpha value is -3.10. The number of carbonyl (C=O) groups excluding carboxylic acids is 1. The number of benzene rings is 2. The minimum Gasteiger partial charge on any atom is -0.319 e. The number of aryl methyl sites for hydroxylation is 2. The second kappa shape index (κ2) is 8.92. The van der Waals surface area contributed by atoms with E-state index in [1.165, 1.54) is 12.1 Å². The number of nitrogens with zero attached hydrogens (tertiary/aromatic N) is 3. The lowest BCUT2D eigenvalue weighted by molar-refractivity contribution is -0.140.